The zero-order valence-electron chi connectivity index (χ0n) is 13.2. The lowest BCUT2D eigenvalue weighted by atomic mass is 10.00. The lowest BCUT2D eigenvalue weighted by Gasteiger charge is -2.17. The van der Waals surface area contributed by atoms with Crippen molar-refractivity contribution in [2.75, 3.05) is 12.4 Å². The van der Waals surface area contributed by atoms with Gasteiger partial charge in [0, 0.05) is 0 Å². The van der Waals surface area contributed by atoms with Crippen LogP contribution >= 0.6 is 0 Å². The number of aldehydes is 1. The third kappa shape index (κ3) is 3.46. The molecule has 1 aliphatic heterocycles. The van der Waals surface area contributed by atoms with Gasteiger partial charge in [0.05, 0.1) is 25.0 Å². The minimum Gasteiger partial charge on any atom is -0.374 e. The maximum absolute atomic E-state index is 10.9. The SMILES string of the molecule is CC1CC(COCc2ccccc2)OC1c1ccc(C=O)n1N. The summed E-state index contributed by atoms with van der Waals surface area (Å²) in [4.78, 5) is 10.9. The van der Waals surface area contributed by atoms with Crippen LogP contribution in [0.4, 0.5) is 0 Å². The summed E-state index contributed by atoms with van der Waals surface area (Å²) < 4.78 is 13.3. The molecule has 3 rings (SSSR count). The Labute approximate surface area is 136 Å². The fourth-order valence-electron chi connectivity index (χ4n) is 3.09. The van der Waals surface area contributed by atoms with E-state index >= 15 is 0 Å². The van der Waals surface area contributed by atoms with E-state index in [0.29, 0.717) is 24.8 Å². The van der Waals surface area contributed by atoms with Crippen LogP contribution in [-0.4, -0.2) is 23.7 Å². The number of nitrogens with two attached hydrogens (primary N) is 1. The number of hydrogen-bond donors (Lipinski definition) is 1. The summed E-state index contributed by atoms with van der Waals surface area (Å²) in [5.41, 5.74) is 2.45. The predicted molar refractivity (Wildman–Crippen MR) is 87.5 cm³/mol. The third-order valence-electron chi connectivity index (χ3n) is 4.30. The molecule has 0 spiro atoms. The first kappa shape index (κ1) is 15.8. The molecule has 122 valence electrons. The second-order valence-electron chi connectivity index (χ2n) is 6.06. The van der Waals surface area contributed by atoms with Crippen molar-refractivity contribution >= 4 is 6.29 Å². The number of nitrogens with zero attached hydrogens (tertiary/aromatic N) is 1. The lowest BCUT2D eigenvalue weighted by Crippen LogP contribution is -2.20. The highest BCUT2D eigenvalue weighted by Crippen LogP contribution is 2.38. The van der Waals surface area contributed by atoms with Gasteiger partial charge in [-0.2, -0.15) is 0 Å². The van der Waals surface area contributed by atoms with Gasteiger partial charge in [-0.1, -0.05) is 37.3 Å². The zero-order chi connectivity index (χ0) is 16.2. The molecule has 1 aromatic carbocycles. The van der Waals surface area contributed by atoms with E-state index in [4.69, 9.17) is 15.3 Å². The van der Waals surface area contributed by atoms with Crippen LogP contribution in [0.1, 0.15) is 41.2 Å². The molecule has 3 atom stereocenters. The molecule has 0 amide bonds. The summed E-state index contributed by atoms with van der Waals surface area (Å²) in [6.07, 6.45) is 1.62. The molecule has 5 heteroatoms. The number of aromatic nitrogens is 1. The highest BCUT2D eigenvalue weighted by molar-refractivity contribution is 5.72. The van der Waals surface area contributed by atoms with Crippen LogP contribution in [0.3, 0.4) is 0 Å². The van der Waals surface area contributed by atoms with Crippen molar-refractivity contribution in [3.63, 3.8) is 0 Å². The second-order valence-corrected chi connectivity index (χ2v) is 6.06. The quantitative estimate of drug-likeness (QED) is 0.657. The number of hydrogen-bond acceptors (Lipinski definition) is 4. The van der Waals surface area contributed by atoms with Crippen molar-refractivity contribution in [2.24, 2.45) is 5.92 Å². The largest absolute Gasteiger partial charge is 0.374 e. The Morgan fingerprint density at radius 1 is 1.30 bits per heavy atom. The number of carbonyl (C=O) groups is 1. The molecule has 23 heavy (non-hydrogen) atoms. The Kier molecular flexibility index (Phi) is 4.79. The van der Waals surface area contributed by atoms with Gasteiger partial charge in [0.2, 0.25) is 0 Å². The molecule has 1 aliphatic rings. The van der Waals surface area contributed by atoms with Gasteiger partial charge >= 0.3 is 0 Å². The van der Waals surface area contributed by atoms with Gasteiger partial charge in [0.25, 0.3) is 0 Å². The second kappa shape index (κ2) is 6.98. The van der Waals surface area contributed by atoms with E-state index in [1.807, 2.05) is 36.4 Å². The van der Waals surface area contributed by atoms with Crippen LogP contribution in [0.5, 0.6) is 0 Å². The van der Waals surface area contributed by atoms with Crippen LogP contribution < -0.4 is 5.84 Å². The predicted octanol–water partition coefficient (Wildman–Crippen LogP) is 2.70. The Morgan fingerprint density at radius 3 is 2.78 bits per heavy atom. The summed E-state index contributed by atoms with van der Waals surface area (Å²) in [7, 11) is 0. The van der Waals surface area contributed by atoms with Crippen molar-refractivity contribution in [2.45, 2.75) is 32.2 Å². The zero-order valence-corrected chi connectivity index (χ0v) is 13.2. The van der Waals surface area contributed by atoms with Crippen LogP contribution in [-0.2, 0) is 16.1 Å². The summed E-state index contributed by atoms with van der Waals surface area (Å²) in [6.45, 7) is 3.28. The average molecular weight is 314 g/mol. The van der Waals surface area contributed by atoms with Gasteiger partial charge < -0.3 is 15.3 Å². The molecule has 0 radical (unpaired) electrons. The molecule has 1 aromatic heterocycles. The molecular formula is C18H22N2O3. The van der Waals surface area contributed by atoms with Gasteiger partial charge in [0.1, 0.15) is 11.8 Å². The van der Waals surface area contributed by atoms with Gasteiger partial charge in [-0.3, -0.25) is 9.47 Å². The fourth-order valence-corrected chi connectivity index (χ4v) is 3.09. The molecule has 0 bridgehead atoms. The lowest BCUT2D eigenvalue weighted by molar-refractivity contribution is -0.0257. The van der Waals surface area contributed by atoms with E-state index in [2.05, 4.69) is 6.92 Å². The van der Waals surface area contributed by atoms with Gasteiger partial charge in [-0.15, -0.1) is 0 Å². The Balaban J connectivity index is 1.56. The van der Waals surface area contributed by atoms with Crippen molar-refractivity contribution in [1.29, 1.82) is 0 Å². The highest BCUT2D eigenvalue weighted by atomic mass is 16.5. The number of rotatable bonds is 6. The Bertz CT molecular complexity index is 654. The maximum Gasteiger partial charge on any atom is 0.168 e. The van der Waals surface area contributed by atoms with Gasteiger partial charge in [0.15, 0.2) is 6.29 Å². The van der Waals surface area contributed by atoms with Crippen molar-refractivity contribution < 1.29 is 14.3 Å². The van der Waals surface area contributed by atoms with Crippen molar-refractivity contribution in [3.05, 3.63) is 59.4 Å². The normalized spacial score (nSPS) is 24.0. The van der Waals surface area contributed by atoms with E-state index in [-0.39, 0.29) is 12.2 Å². The number of carbonyl (C=O) groups excluding carboxylic acids is 1. The van der Waals surface area contributed by atoms with Crippen molar-refractivity contribution in [3.8, 4) is 0 Å². The summed E-state index contributed by atoms with van der Waals surface area (Å²) in [6, 6.07) is 13.7. The number of nitrogen functional groups attached to an aromatic ring is 1. The molecule has 3 unspecified atom stereocenters. The molecule has 2 N–H and O–H groups in total. The molecule has 2 aromatic rings. The molecule has 0 saturated carbocycles. The Morgan fingerprint density at radius 2 is 2.09 bits per heavy atom. The van der Waals surface area contributed by atoms with Crippen LogP contribution in [0.25, 0.3) is 0 Å². The van der Waals surface area contributed by atoms with Gasteiger partial charge in [-0.25, -0.2) is 0 Å². The van der Waals surface area contributed by atoms with E-state index in [0.717, 1.165) is 24.0 Å². The summed E-state index contributed by atoms with van der Waals surface area (Å²) in [5, 5.41) is 0. The first-order chi connectivity index (χ1) is 11.2. The maximum atomic E-state index is 10.9. The molecule has 1 fully saturated rings. The standard InChI is InChI=1S/C18H22N2O3/c1-13-9-16(12-22-11-14-5-3-2-4-6-14)23-18(13)17-8-7-15(10-21)20(17)19/h2-8,10,13,16,18H,9,11-12,19H2,1H3. The summed E-state index contributed by atoms with van der Waals surface area (Å²) >= 11 is 0. The molecule has 1 saturated heterocycles. The topological polar surface area (TPSA) is 66.5 Å². The van der Waals surface area contributed by atoms with E-state index in [9.17, 15) is 4.79 Å². The fraction of sp³-hybridized carbons (Fsp3) is 0.389. The van der Waals surface area contributed by atoms with E-state index < -0.39 is 0 Å². The Hall–Kier alpha value is -2.11. The highest BCUT2D eigenvalue weighted by Gasteiger charge is 2.35. The van der Waals surface area contributed by atoms with Crippen LogP contribution in [0, 0.1) is 5.92 Å². The van der Waals surface area contributed by atoms with Crippen LogP contribution in [0.15, 0.2) is 42.5 Å². The van der Waals surface area contributed by atoms with Crippen molar-refractivity contribution in [1.82, 2.24) is 4.68 Å². The first-order valence-electron chi connectivity index (χ1n) is 7.88. The van der Waals surface area contributed by atoms with E-state index in [1.165, 1.54) is 4.68 Å². The third-order valence-corrected chi connectivity index (χ3v) is 4.30. The minimum atomic E-state index is -0.0981. The molecule has 0 aliphatic carbocycles. The molecular weight excluding hydrogens is 292 g/mol. The number of ether oxygens (including phenoxy) is 2. The van der Waals surface area contributed by atoms with Crippen LogP contribution in [0.2, 0.25) is 0 Å². The monoisotopic (exact) mass is 314 g/mol. The average Bonchev–Trinajstić information content (AvgIpc) is 3.10. The van der Waals surface area contributed by atoms with Gasteiger partial charge in [-0.05, 0) is 30.0 Å². The molecule has 2 heterocycles. The van der Waals surface area contributed by atoms with E-state index in [1.54, 1.807) is 6.07 Å². The minimum absolute atomic E-state index is 0.0493. The smallest absolute Gasteiger partial charge is 0.168 e. The molecule has 5 nitrogen and oxygen atoms in total. The number of benzene rings is 1. The first-order valence-corrected chi connectivity index (χ1v) is 7.88. The summed E-state index contributed by atoms with van der Waals surface area (Å²) in [5.74, 6) is 6.28.